The third-order valence-corrected chi connectivity index (χ3v) is 3.33. The number of rotatable bonds is 2. The summed E-state index contributed by atoms with van der Waals surface area (Å²) in [5.74, 6) is 0.195. The van der Waals surface area contributed by atoms with Crippen molar-refractivity contribution in [2.45, 2.75) is 25.4 Å². The van der Waals surface area contributed by atoms with Gasteiger partial charge in [0.1, 0.15) is 5.60 Å². The maximum Gasteiger partial charge on any atom is 0.155 e. The predicted molar refractivity (Wildman–Crippen MR) is 63.1 cm³/mol. The molecule has 2 rings (SSSR count). The van der Waals surface area contributed by atoms with Gasteiger partial charge in [-0.1, -0.05) is 30.3 Å². The maximum atomic E-state index is 11.4. The van der Waals surface area contributed by atoms with Gasteiger partial charge in [-0.3, -0.25) is 4.79 Å². The number of carbonyl (C=O) groups is 1. The van der Waals surface area contributed by atoms with Crippen molar-refractivity contribution in [3.63, 3.8) is 0 Å². The summed E-state index contributed by atoms with van der Waals surface area (Å²) in [5.41, 5.74) is 1.71. The van der Waals surface area contributed by atoms with E-state index in [1.165, 1.54) is 0 Å². The van der Waals surface area contributed by atoms with Crippen LogP contribution in [0.5, 0.6) is 0 Å². The molecule has 0 saturated carbocycles. The topological polar surface area (TPSA) is 26.3 Å². The monoisotopic (exact) mass is 216 g/mol. The fourth-order valence-electron chi connectivity index (χ4n) is 2.39. The Hall–Kier alpha value is -1.41. The second kappa shape index (κ2) is 4.22. The van der Waals surface area contributed by atoms with Crippen LogP contribution in [0.2, 0.25) is 0 Å². The van der Waals surface area contributed by atoms with Crippen molar-refractivity contribution in [3.8, 4) is 0 Å². The molecule has 1 aliphatic rings. The van der Waals surface area contributed by atoms with Gasteiger partial charge >= 0.3 is 0 Å². The molecule has 0 heterocycles. The Morgan fingerprint density at radius 1 is 1.25 bits per heavy atom. The van der Waals surface area contributed by atoms with Crippen LogP contribution < -0.4 is 0 Å². The summed E-state index contributed by atoms with van der Waals surface area (Å²) >= 11 is 0. The molecule has 1 atom stereocenters. The molecule has 1 aliphatic carbocycles. The van der Waals surface area contributed by atoms with Crippen LogP contribution in [0.3, 0.4) is 0 Å². The molecule has 0 N–H and O–H groups in total. The summed E-state index contributed by atoms with van der Waals surface area (Å²) in [6, 6.07) is 10.1. The molecular weight excluding hydrogens is 200 g/mol. The standard InChI is InChI=1S/C14H16O2/c1-11-10-13(15)8-9-14(11,16-2)12-6-4-3-5-7-12/h3-7,10H,8-9H2,1-2H3. The Balaban J connectivity index is 2.49. The Morgan fingerprint density at radius 3 is 2.50 bits per heavy atom. The van der Waals surface area contributed by atoms with Gasteiger partial charge in [0, 0.05) is 13.5 Å². The van der Waals surface area contributed by atoms with Gasteiger partial charge in [-0.25, -0.2) is 0 Å². The first-order valence-corrected chi connectivity index (χ1v) is 5.51. The Morgan fingerprint density at radius 2 is 1.94 bits per heavy atom. The van der Waals surface area contributed by atoms with Crippen LogP contribution in [0, 0.1) is 0 Å². The Kier molecular flexibility index (Phi) is 2.92. The van der Waals surface area contributed by atoms with E-state index in [2.05, 4.69) is 12.1 Å². The zero-order chi connectivity index (χ0) is 11.6. The minimum atomic E-state index is -0.408. The second-order valence-corrected chi connectivity index (χ2v) is 4.19. The highest BCUT2D eigenvalue weighted by Gasteiger charge is 2.37. The molecule has 16 heavy (non-hydrogen) atoms. The van der Waals surface area contributed by atoms with Crippen LogP contribution in [0.15, 0.2) is 42.0 Å². The Labute approximate surface area is 95.9 Å². The lowest BCUT2D eigenvalue weighted by Crippen LogP contribution is -2.33. The maximum absolute atomic E-state index is 11.4. The van der Waals surface area contributed by atoms with Crippen molar-refractivity contribution in [1.29, 1.82) is 0 Å². The number of hydrogen-bond donors (Lipinski definition) is 0. The van der Waals surface area contributed by atoms with Gasteiger partial charge in [-0.2, -0.15) is 0 Å². The van der Waals surface area contributed by atoms with Crippen LogP contribution in [0.4, 0.5) is 0 Å². The van der Waals surface area contributed by atoms with E-state index in [0.717, 1.165) is 17.6 Å². The van der Waals surface area contributed by atoms with Crippen LogP contribution in [0.1, 0.15) is 25.3 Å². The van der Waals surface area contributed by atoms with Gasteiger partial charge in [0.05, 0.1) is 0 Å². The largest absolute Gasteiger partial charge is 0.369 e. The smallest absolute Gasteiger partial charge is 0.155 e. The van der Waals surface area contributed by atoms with Gasteiger partial charge < -0.3 is 4.74 Å². The van der Waals surface area contributed by atoms with Crippen LogP contribution in [-0.2, 0) is 15.1 Å². The molecule has 2 heteroatoms. The molecule has 0 aromatic heterocycles. The fraction of sp³-hybridized carbons (Fsp3) is 0.357. The SMILES string of the molecule is COC1(c2ccccc2)CCC(=O)C=C1C. The molecule has 1 unspecified atom stereocenters. The van der Waals surface area contributed by atoms with Gasteiger partial charge in [0.25, 0.3) is 0 Å². The van der Waals surface area contributed by atoms with Crippen LogP contribution >= 0.6 is 0 Å². The number of carbonyl (C=O) groups excluding carboxylic acids is 1. The minimum Gasteiger partial charge on any atom is -0.369 e. The predicted octanol–water partition coefficient (Wildman–Crippen LogP) is 2.84. The fourth-order valence-corrected chi connectivity index (χ4v) is 2.39. The van der Waals surface area contributed by atoms with Crippen LogP contribution in [-0.4, -0.2) is 12.9 Å². The lowest BCUT2D eigenvalue weighted by atomic mass is 9.78. The van der Waals surface area contributed by atoms with Gasteiger partial charge in [-0.15, -0.1) is 0 Å². The number of ether oxygens (including phenoxy) is 1. The molecule has 0 spiro atoms. The highest BCUT2D eigenvalue weighted by molar-refractivity contribution is 5.91. The molecule has 0 saturated heterocycles. The summed E-state index contributed by atoms with van der Waals surface area (Å²) in [6.07, 6.45) is 2.99. The first kappa shape index (κ1) is 11.1. The summed E-state index contributed by atoms with van der Waals surface area (Å²) < 4.78 is 5.70. The number of ketones is 1. The van der Waals surface area contributed by atoms with Gasteiger partial charge in [0.2, 0.25) is 0 Å². The second-order valence-electron chi connectivity index (χ2n) is 4.19. The van der Waals surface area contributed by atoms with Crippen molar-refractivity contribution < 1.29 is 9.53 Å². The van der Waals surface area contributed by atoms with Crippen molar-refractivity contribution in [2.24, 2.45) is 0 Å². The summed E-state index contributed by atoms with van der Waals surface area (Å²) in [4.78, 5) is 11.4. The Bertz CT molecular complexity index is 420. The number of benzene rings is 1. The lowest BCUT2D eigenvalue weighted by Gasteiger charge is -2.36. The van der Waals surface area contributed by atoms with Crippen molar-refractivity contribution in [1.82, 2.24) is 0 Å². The highest BCUT2D eigenvalue weighted by atomic mass is 16.5. The summed E-state index contributed by atoms with van der Waals surface area (Å²) in [5, 5.41) is 0. The van der Waals surface area contributed by atoms with E-state index in [0.29, 0.717) is 6.42 Å². The first-order chi connectivity index (χ1) is 7.69. The van der Waals surface area contributed by atoms with Gasteiger partial charge in [-0.05, 0) is 30.6 Å². The lowest BCUT2D eigenvalue weighted by molar-refractivity contribution is -0.117. The molecular formula is C14H16O2. The normalized spacial score (nSPS) is 25.4. The third-order valence-electron chi connectivity index (χ3n) is 3.33. The van der Waals surface area contributed by atoms with E-state index in [4.69, 9.17) is 4.74 Å². The molecule has 0 radical (unpaired) electrons. The van der Waals surface area contributed by atoms with E-state index in [1.807, 2.05) is 25.1 Å². The van der Waals surface area contributed by atoms with Crippen molar-refractivity contribution in [3.05, 3.63) is 47.5 Å². The molecule has 0 amide bonds. The quantitative estimate of drug-likeness (QED) is 0.759. The van der Waals surface area contributed by atoms with E-state index in [-0.39, 0.29) is 5.78 Å². The molecule has 84 valence electrons. The average molecular weight is 216 g/mol. The molecule has 0 aliphatic heterocycles. The van der Waals surface area contributed by atoms with E-state index >= 15 is 0 Å². The van der Waals surface area contributed by atoms with Crippen LogP contribution in [0.25, 0.3) is 0 Å². The molecule has 1 aromatic carbocycles. The summed E-state index contributed by atoms with van der Waals surface area (Å²) in [6.45, 7) is 1.97. The van der Waals surface area contributed by atoms with E-state index in [1.54, 1.807) is 13.2 Å². The van der Waals surface area contributed by atoms with Crippen molar-refractivity contribution in [2.75, 3.05) is 7.11 Å². The minimum absolute atomic E-state index is 0.195. The summed E-state index contributed by atoms with van der Waals surface area (Å²) in [7, 11) is 1.71. The van der Waals surface area contributed by atoms with E-state index < -0.39 is 5.60 Å². The number of allylic oxidation sites excluding steroid dienone is 1. The van der Waals surface area contributed by atoms with Gasteiger partial charge in [0.15, 0.2) is 5.78 Å². The first-order valence-electron chi connectivity index (χ1n) is 5.51. The molecule has 0 fully saturated rings. The number of methoxy groups -OCH3 is 1. The van der Waals surface area contributed by atoms with Crippen molar-refractivity contribution >= 4 is 5.78 Å². The highest BCUT2D eigenvalue weighted by Crippen LogP contribution is 2.39. The number of hydrogen-bond acceptors (Lipinski definition) is 2. The molecule has 1 aromatic rings. The third kappa shape index (κ3) is 1.69. The molecule has 2 nitrogen and oxygen atoms in total. The average Bonchev–Trinajstić information content (AvgIpc) is 2.31. The zero-order valence-electron chi connectivity index (χ0n) is 9.69. The van der Waals surface area contributed by atoms with E-state index in [9.17, 15) is 4.79 Å². The molecule has 0 bridgehead atoms. The zero-order valence-corrected chi connectivity index (χ0v) is 9.69.